The van der Waals surface area contributed by atoms with Crippen molar-refractivity contribution in [3.63, 3.8) is 0 Å². The zero-order chi connectivity index (χ0) is 19.9. The van der Waals surface area contributed by atoms with Gasteiger partial charge in [-0.15, -0.1) is 0 Å². The first-order chi connectivity index (χ1) is 13.4. The molecule has 0 heterocycles. The van der Waals surface area contributed by atoms with Crippen molar-refractivity contribution in [3.05, 3.63) is 35.5 Å². The third-order valence-electron chi connectivity index (χ3n) is 7.30. The fourth-order valence-corrected chi connectivity index (χ4v) is 6.23. The summed E-state index contributed by atoms with van der Waals surface area (Å²) < 4.78 is 0. The first-order valence-corrected chi connectivity index (χ1v) is 10.4. The summed E-state index contributed by atoms with van der Waals surface area (Å²) in [5.41, 5.74) is 8.62. The molecular weight excluding hydrogens is 348 g/mol. The number of hydrogen-bond donors (Lipinski definition) is 3. The third-order valence-corrected chi connectivity index (χ3v) is 7.30. The molecule has 1 aromatic carbocycles. The lowest BCUT2D eigenvalue weighted by Gasteiger charge is -2.59. The van der Waals surface area contributed by atoms with E-state index >= 15 is 0 Å². The SMILES string of the molecule is Cc1ccc(N)c(N/C=C(/C#N)C(=O)NC(C)C23CC4CC(CC(C4)C2)C3)c1. The van der Waals surface area contributed by atoms with Crippen LogP contribution in [0.15, 0.2) is 30.0 Å². The Labute approximate surface area is 167 Å². The number of rotatable bonds is 5. The van der Waals surface area contributed by atoms with E-state index < -0.39 is 0 Å². The zero-order valence-corrected chi connectivity index (χ0v) is 16.8. The van der Waals surface area contributed by atoms with Crippen LogP contribution in [0.1, 0.15) is 51.0 Å². The highest BCUT2D eigenvalue weighted by Gasteiger charge is 2.53. The molecule has 5 nitrogen and oxygen atoms in total. The molecule has 0 spiro atoms. The second-order valence-corrected chi connectivity index (χ2v) is 9.38. The van der Waals surface area contributed by atoms with Crippen LogP contribution in [0, 0.1) is 41.4 Å². The highest BCUT2D eigenvalue weighted by atomic mass is 16.1. The lowest BCUT2D eigenvalue weighted by Crippen LogP contribution is -2.56. The molecule has 1 unspecified atom stereocenters. The second kappa shape index (κ2) is 7.16. The summed E-state index contributed by atoms with van der Waals surface area (Å²) in [5, 5.41) is 15.7. The van der Waals surface area contributed by atoms with Gasteiger partial charge in [0.25, 0.3) is 5.91 Å². The van der Waals surface area contributed by atoms with Crippen LogP contribution >= 0.6 is 0 Å². The summed E-state index contributed by atoms with van der Waals surface area (Å²) in [7, 11) is 0. The number of nitrogen functional groups attached to an aromatic ring is 1. The van der Waals surface area contributed by atoms with Crippen LogP contribution in [0.4, 0.5) is 11.4 Å². The van der Waals surface area contributed by atoms with E-state index in [9.17, 15) is 10.1 Å². The van der Waals surface area contributed by atoms with E-state index in [-0.39, 0.29) is 22.9 Å². The molecule has 4 bridgehead atoms. The third kappa shape index (κ3) is 3.48. The largest absolute Gasteiger partial charge is 0.397 e. The number of carbonyl (C=O) groups is 1. The molecule has 0 saturated heterocycles. The average molecular weight is 379 g/mol. The number of aryl methyl sites for hydroxylation is 1. The Kier molecular flexibility index (Phi) is 4.82. The van der Waals surface area contributed by atoms with Crippen LogP contribution in [-0.2, 0) is 4.79 Å². The van der Waals surface area contributed by atoms with Gasteiger partial charge in [0.1, 0.15) is 11.6 Å². The Morgan fingerprint density at radius 2 is 1.86 bits per heavy atom. The standard InChI is InChI=1S/C23H30N4O/c1-14-3-4-20(25)21(5-14)26-13-19(12-24)22(28)27-15(2)23-9-16-6-17(10-23)8-18(7-16)11-23/h3-5,13,15-18,26H,6-11,25H2,1-2H3,(H,27,28)/b19-13-. The molecule has 0 aromatic heterocycles. The predicted molar refractivity (Wildman–Crippen MR) is 111 cm³/mol. The summed E-state index contributed by atoms with van der Waals surface area (Å²) in [6, 6.07) is 7.76. The molecular formula is C23H30N4O. The van der Waals surface area contributed by atoms with Gasteiger partial charge < -0.3 is 16.4 Å². The van der Waals surface area contributed by atoms with Gasteiger partial charge in [0.05, 0.1) is 11.4 Å². The van der Waals surface area contributed by atoms with Gasteiger partial charge in [-0.05, 0) is 93.2 Å². The van der Waals surface area contributed by atoms with Crippen LogP contribution < -0.4 is 16.4 Å². The number of nitrogens with one attached hydrogen (secondary N) is 2. The van der Waals surface area contributed by atoms with Crippen molar-refractivity contribution in [3.8, 4) is 6.07 Å². The highest BCUT2D eigenvalue weighted by Crippen LogP contribution is 2.61. The molecule has 4 aliphatic carbocycles. The smallest absolute Gasteiger partial charge is 0.263 e. The van der Waals surface area contributed by atoms with E-state index in [1.165, 1.54) is 44.7 Å². The summed E-state index contributed by atoms with van der Waals surface area (Å²) in [6.45, 7) is 4.10. The maximum absolute atomic E-state index is 12.8. The van der Waals surface area contributed by atoms with E-state index in [0.717, 1.165) is 23.3 Å². The topological polar surface area (TPSA) is 90.9 Å². The molecule has 4 aliphatic rings. The van der Waals surface area contributed by atoms with Crippen molar-refractivity contribution in [1.82, 2.24) is 5.32 Å². The number of carbonyl (C=O) groups excluding carboxylic acids is 1. The van der Waals surface area contributed by atoms with Crippen LogP contribution in [0.25, 0.3) is 0 Å². The van der Waals surface area contributed by atoms with Crippen molar-refractivity contribution in [1.29, 1.82) is 5.26 Å². The summed E-state index contributed by atoms with van der Waals surface area (Å²) in [4.78, 5) is 12.8. The fourth-order valence-electron chi connectivity index (χ4n) is 6.23. The average Bonchev–Trinajstić information content (AvgIpc) is 2.63. The predicted octanol–water partition coefficient (Wildman–Crippen LogP) is 4.12. The molecule has 4 N–H and O–H groups in total. The minimum Gasteiger partial charge on any atom is -0.397 e. The molecule has 148 valence electrons. The number of nitrogens with zero attached hydrogens (tertiary/aromatic N) is 1. The van der Waals surface area contributed by atoms with E-state index in [0.29, 0.717) is 11.4 Å². The number of anilines is 2. The minimum atomic E-state index is -0.301. The van der Waals surface area contributed by atoms with Gasteiger partial charge in [-0.25, -0.2) is 0 Å². The van der Waals surface area contributed by atoms with Crippen LogP contribution in [-0.4, -0.2) is 11.9 Å². The maximum Gasteiger partial charge on any atom is 0.263 e. The number of benzene rings is 1. The van der Waals surface area contributed by atoms with Crippen molar-refractivity contribution in [2.45, 2.75) is 58.4 Å². The quantitative estimate of drug-likeness (QED) is 0.408. The molecule has 28 heavy (non-hydrogen) atoms. The Morgan fingerprint density at radius 3 is 2.43 bits per heavy atom. The second-order valence-electron chi connectivity index (χ2n) is 9.38. The fraction of sp³-hybridized carbons (Fsp3) is 0.565. The van der Waals surface area contributed by atoms with Crippen molar-refractivity contribution in [2.75, 3.05) is 11.1 Å². The molecule has 4 fully saturated rings. The normalized spacial score (nSPS) is 31.9. The van der Waals surface area contributed by atoms with E-state index in [4.69, 9.17) is 5.73 Å². The van der Waals surface area contributed by atoms with Crippen LogP contribution in [0.5, 0.6) is 0 Å². The molecule has 1 aromatic rings. The monoisotopic (exact) mass is 378 g/mol. The minimum absolute atomic E-state index is 0.0810. The Morgan fingerprint density at radius 1 is 1.25 bits per heavy atom. The van der Waals surface area contributed by atoms with Gasteiger partial charge in [0.15, 0.2) is 0 Å². The summed E-state index contributed by atoms with van der Waals surface area (Å²) in [6.07, 6.45) is 9.28. The van der Waals surface area contributed by atoms with Crippen molar-refractivity contribution < 1.29 is 4.79 Å². The molecule has 5 rings (SSSR count). The number of nitriles is 1. The van der Waals surface area contributed by atoms with E-state index in [1.807, 2.05) is 31.2 Å². The molecule has 0 aliphatic heterocycles. The first-order valence-electron chi connectivity index (χ1n) is 10.4. The molecule has 5 heteroatoms. The first kappa shape index (κ1) is 18.9. The van der Waals surface area contributed by atoms with Gasteiger partial charge >= 0.3 is 0 Å². The van der Waals surface area contributed by atoms with Crippen molar-refractivity contribution in [2.24, 2.45) is 23.2 Å². The number of hydrogen-bond acceptors (Lipinski definition) is 4. The molecule has 0 radical (unpaired) electrons. The highest BCUT2D eigenvalue weighted by molar-refractivity contribution is 5.97. The lowest BCUT2D eigenvalue weighted by molar-refractivity contribution is -0.122. The van der Waals surface area contributed by atoms with E-state index in [2.05, 4.69) is 17.6 Å². The lowest BCUT2D eigenvalue weighted by atomic mass is 9.48. The zero-order valence-electron chi connectivity index (χ0n) is 16.8. The molecule has 1 atom stereocenters. The van der Waals surface area contributed by atoms with Gasteiger partial charge in [-0.2, -0.15) is 5.26 Å². The number of amides is 1. The van der Waals surface area contributed by atoms with Gasteiger partial charge in [0.2, 0.25) is 0 Å². The van der Waals surface area contributed by atoms with Crippen LogP contribution in [0.3, 0.4) is 0 Å². The number of nitrogens with two attached hydrogens (primary N) is 1. The van der Waals surface area contributed by atoms with Gasteiger partial charge in [-0.3, -0.25) is 4.79 Å². The van der Waals surface area contributed by atoms with E-state index in [1.54, 1.807) is 0 Å². The Bertz CT molecular complexity index is 815. The summed E-state index contributed by atoms with van der Waals surface area (Å²) >= 11 is 0. The van der Waals surface area contributed by atoms with Gasteiger partial charge in [-0.1, -0.05) is 6.07 Å². The van der Waals surface area contributed by atoms with Crippen molar-refractivity contribution >= 4 is 17.3 Å². The molecule has 4 saturated carbocycles. The summed E-state index contributed by atoms with van der Waals surface area (Å²) in [5.74, 6) is 2.21. The van der Waals surface area contributed by atoms with Crippen LogP contribution in [0.2, 0.25) is 0 Å². The van der Waals surface area contributed by atoms with Gasteiger partial charge in [0, 0.05) is 12.2 Å². The Hall–Kier alpha value is -2.48. The maximum atomic E-state index is 12.8. The molecule has 1 amide bonds. The Balaban J connectivity index is 1.44.